The van der Waals surface area contributed by atoms with Crippen molar-refractivity contribution < 1.29 is 42.1 Å². The average molecular weight is 1120 g/mol. The van der Waals surface area contributed by atoms with Crippen molar-refractivity contribution in [1.82, 2.24) is 0 Å². The third-order valence-corrected chi connectivity index (χ3v) is 15.9. The van der Waals surface area contributed by atoms with Crippen molar-refractivity contribution >= 4 is 19.8 Å². The smallest absolute Gasteiger partial charge is 0.462 e. The Kier molecular flexibility index (Phi) is 58.0. The number of nitrogens with zero attached hydrogens (tertiary/aromatic N) is 1. The summed E-state index contributed by atoms with van der Waals surface area (Å²) in [6.07, 6.45) is 76.5. The molecule has 0 aromatic carbocycles. The Morgan fingerprint density at radius 3 is 1.09 bits per heavy atom. The van der Waals surface area contributed by atoms with Gasteiger partial charge in [-0.25, -0.2) is 4.57 Å². The van der Waals surface area contributed by atoms with Crippen LogP contribution in [0.5, 0.6) is 0 Å². The van der Waals surface area contributed by atoms with Crippen molar-refractivity contribution in [3.63, 3.8) is 0 Å². The molecule has 0 aliphatic heterocycles. The molecular weight excluding hydrogens is 990 g/mol. The fourth-order valence-electron chi connectivity index (χ4n) is 9.78. The summed E-state index contributed by atoms with van der Waals surface area (Å²) in [6.45, 7) is 4.36. The minimum atomic E-state index is -4.39. The number of quaternary nitrogens is 1. The van der Waals surface area contributed by atoms with Gasteiger partial charge in [0.15, 0.2) is 6.10 Å². The summed E-state index contributed by atoms with van der Waals surface area (Å²) in [6, 6.07) is 0. The van der Waals surface area contributed by atoms with E-state index < -0.39 is 26.5 Å². The standard InChI is InChI=1S/C68H128NO8P/c1-6-8-10-12-14-16-18-20-22-24-26-28-29-30-31-32-33-34-35-36-37-38-39-41-42-44-46-48-50-52-54-56-58-60-67(70)74-64-66(65-76-78(72,73)75-63-62-69(3,4)5)77-68(71)61-59-57-55-53-51-49-47-45-43-40-27-25-23-21-19-17-15-13-11-9-7-2/h9,11,15,17,21,23,27,40,66H,6-8,10,12-14,16,18-20,22,24-26,28-39,41-65H2,1-5H3/p+1/b11-9-,17-15-,23-21-,40-27-. The van der Waals surface area contributed by atoms with Crippen LogP contribution in [0.3, 0.4) is 0 Å². The summed E-state index contributed by atoms with van der Waals surface area (Å²) in [5, 5.41) is 0. The van der Waals surface area contributed by atoms with E-state index in [1.807, 2.05) is 21.1 Å². The molecule has 0 aromatic rings. The number of hydrogen-bond acceptors (Lipinski definition) is 7. The molecule has 0 radical (unpaired) electrons. The number of unbranched alkanes of at least 4 members (excludes halogenated alkanes) is 40. The van der Waals surface area contributed by atoms with Gasteiger partial charge in [0, 0.05) is 12.8 Å². The van der Waals surface area contributed by atoms with Crippen LogP contribution in [0.1, 0.15) is 322 Å². The molecule has 0 saturated heterocycles. The molecule has 0 aliphatic rings. The Balaban J connectivity index is 3.99. The molecule has 0 aromatic heterocycles. The molecule has 0 heterocycles. The number of allylic oxidation sites excluding steroid dienone is 8. The van der Waals surface area contributed by atoms with Crippen LogP contribution in [0.25, 0.3) is 0 Å². The van der Waals surface area contributed by atoms with E-state index in [-0.39, 0.29) is 25.6 Å². The first kappa shape index (κ1) is 76.0. The molecule has 0 bridgehead atoms. The number of phosphoric ester groups is 1. The maximum Gasteiger partial charge on any atom is 0.472 e. The monoisotopic (exact) mass is 1120 g/mol. The van der Waals surface area contributed by atoms with Crippen LogP contribution < -0.4 is 0 Å². The van der Waals surface area contributed by atoms with Crippen LogP contribution in [-0.2, 0) is 32.7 Å². The summed E-state index contributed by atoms with van der Waals surface area (Å²) < 4.78 is 34.7. The molecule has 9 nitrogen and oxygen atoms in total. The maximum absolute atomic E-state index is 12.8. The van der Waals surface area contributed by atoms with E-state index >= 15 is 0 Å². The number of phosphoric acid groups is 1. The molecular formula is C68H129NO8P+. The highest BCUT2D eigenvalue weighted by Crippen LogP contribution is 2.43. The number of likely N-dealkylation sites (N-methyl/N-ethyl adjacent to an activating group) is 1. The van der Waals surface area contributed by atoms with Gasteiger partial charge in [-0.05, 0) is 51.4 Å². The number of rotatable bonds is 62. The van der Waals surface area contributed by atoms with Gasteiger partial charge in [0.25, 0.3) is 0 Å². The lowest BCUT2D eigenvalue weighted by Crippen LogP contribution is -2.37. The third kappa shape index (κ3) is 63.2. The van der Waals surface area contributed by atoms with E-state index in [2.05, 4.69) is 62.5 Å². The van der Waals surface area contributed by atoms with Crippen LogP contribution in [0.2, 0.25) is 0 Å². The van der Waals surface area contributed by atoms with Gasteiger partial charge in [-0.3, -0.25) is 18.6 Å². The van der Waals surface area contributed by atoms with E-state index in [1.165, 1.54) is 218 Å². The maximum atomic E-state index is 12.8. The van der Waals surface area contributed by atoms with Crippen molar-refractivity contribution in [3.05, 3.63) is 48.6 Å². The summed E-state index contributed by atoms with van der Waals surface area (Å²) in [5.74, 6) is -0.793. The first-order chi connectivity index (χ1) is 38.0. The molecule has 2 unspecified atom stereocenters. The number of carbonyl (C=O) groups excluding carboxylic acids is 2. The lowest BCUT2D eigenvalue weighted by Gasteiger charge is -2.24. The molecule has 0 saturated carbocycles. The molecule has 0 amide bonds. The predicted octanol–water partition coefficient (Wildman–Crippen LogP) is 21.3. The van der Waals surface area contributed by atoms with E-state index in [4.69, 9.17) is 18.5 Å². The van der Waals surface area contributed by atoms with Crippen LogP contribution in [0.15, 0.2) is 48.6 Å². The fraction of sp³-hybridized carbons (Fsp3) is 0.853. The van der Waals surface area contributed by atoms with Gasteiger partial charge in [-0.1, -0.05) is 306 Å². The third-order valence-electron chi connectivity index (χ3n) is 14.9. The zero-order chi connectivity index (χ0) is 57.0. The number of ether oxygens (including phenoxy) is 2. The summed E-state index contributed by atoms with van der Waals surface area (Å²) in [7, 11) is 1.48. The van der Waals surface area contributed by atoms with Gasteiger partial charge in [0.1, 0.15) is 19.8 Å². The van der Waals surface area contributed by atoms with E-state index in [1.54, 1.807) is 0 Å². The first-order valence-corrected chi connectivity index (χ1v) is 34.9. The molecule has 0 aliphatic carbocycles. The van der Waals surface area contributed by atoms with Crippen LogP contribution >= 0.6 is 7.82 Å². The number of esters is 2. The molecule has 1 N–H and O–H groups in total. The fourth-order valence-corrected chi connectivity index (χ4v) is 10.5. The zero-order valence-electron chi connectivity index (χ0n) is 52.2. The molecule has 0 rings (SSSR count). The second kappa shape index (κ2) is 59.6. The highest BCUT2D eigenvalue weighted by atomic mass is 31.2. The van der Waals surface area contributed by atoms with Gasteiger partial charge >= 0.3 is 19.8 Å². The van der Waals surface area contributed by atoms with E-state index in [0.717, 1.165) is 70.6 Å². The average Bonchev–Trinajstić information content (AvgIpc) is 3.41. The van der Waals surface area contributed by atoms with Gasteiger partial charge in [0.2, 0.25) is 0 Å². The van der Waals surface area contributed by atoms with Crippen molar-refractivity contribution in [2.45, 2.75) is 328 Å². The molecule has 78 heavy (non-hydrogen) atoms. The minimum absolute atomic E-state index is 0.0302. The van der Waals surface area contributed by atoms with Gasteiger partial charge in [-0.2, -0.15) is 0 Å². The molecule has 0 spiro atoms. The van der Waals surface area contributed by atoms with Crippen LogP contribution in [0, 0.1) is 0 Å². The lowest BCUT2D eigenvalue weighted by molar-refractivity contribution is -0.870. The van der Waals surface area contributed by atoms with Gasteiger partial charge in [-0.15, -0.1) is 0 Å². The van der Waals surface area contributed by atoms with Crippen molar-refractivity contribution in [3.8, 4) is 0 Å². The highest BCUT2D eigenvalue weighted by molar-refractivity contribution is 7.47. The SMILES string of the molecule is CC/C=C\C/C=C\C/C=C\C/C=C\CCCCCCCCCCC(=O)OC(COC(=O)CCCCCCCCCCCCCCCCCCCCCCCCCCCCCCCCCCC)COP(=O)(O)OCC[N+](C)(C)C. The largest absolute Gasteiger partial charge is 0.472 e. The normalized spacial score (nSPS) is 13.5. The second-order valence-electron chi connectivity index (χ2n) is 23.8. The Morgan fingerprint density at radius 2 is 0.731 bits per heavy atom. The van der Waals surface area contributed by atoms with Crippen molar-refractivity contribution in [2.24, 2.45) is 0 Å². The van der Waals surface area contributed by atoms with Gasteiger partial charge < -0.3 is 18.9 Å². The van der Waals surface area contributed by atoms with Gasteiger partial charge in [0.05, 0.1) is 27.7 Å². The minimum Gasteiger partial charge on any atom is -0.462 e. The van der Waals surface area contributed by atoms with Crippen molar-refractivity contribution in [1.29, 1.82) is 0 Å². The van der Waals surface area contributed by atoms with Crippen LogP contribution in [0.4, 0.5) is 0 Å². The second-order valence-corrected chi connectivity index (χ2v) is 25.3. The number of hydrogen-bond donors (Lipinski definition) is 1. The molecule has 10 heteroatoms. The molecule has 458 valence electrons. The van der Waals surface area contributed by atoms with Crippen LogP contribution in [-0.4, -0.2) is 74.9 Å². The van der Waals surface area contributed by atoms with E-state index in [9.17, 15) is 19.0 Å². The summed E-state index contributed by atoms with van der Waals surface area (Å²) in [4.78, 5) is 35.8. The predicted molar refractivity (Wildman–Crippen MR) is 335 cm³/mol. The van der Waals surface area contributed by atoms with Crippen molar-refractivity contribution in [2.75, 3.05) is 47.5 Å². The summed E-state index contributed by atoms with van der Waals surface area (Å²) in [5.41, 5.74) is 0. The topological polar surface area (TPSA) is 108 Å². The molecule has 2 atom stereocenters. The quantitative estimate of drug-likeness (QED) is 0.0211. The molecule has 0 fully saturated rings. The number of carbonyl (C=O) groups is 2. The summed E-state index contributed by atoms with van der Waals surface area (Å²) >= 11 is 0. The highest BCUT2D eigenvalue weighted by Gasteiger charge is 2.27. The Bertz CT molecular complexity index is 1460. The Hall–Kier alpha value is -2.03. The van der Waals surface area contributed by atoms with E-state index in [0.29, 0.717) is 23.9 Å². The Morgan fingerprint density at radius 1 is 0.410 bits per heavy atom. The zero-order valence-corrected chi connectivity index (χ0v) is 53.1. The lowest BCUT2D eigenvalue weighted by atomic mass is 10.0. The first-order valence-electron chi connectivity index (χ1n) is 33.4. The Labute approximate surface area is 484 Å².